The number of hydrogen-bond acceptors (Lipinski definition) is 0. The second kappa shape index (κ2) is 1.57. The van der Waals surface area contributed by atoms with Gasteiger partial charge in [0.05, 0.1) is 0 Å². The van der Waals surface area contributed by atoms with E-state index in [1.807, 2.05) is 0 Å². The number of hydrogen-bond donors (Lipinski definition) is 0. The van der Waals surface area contributed by atoms with E-state index in [2.05, 4.69) is 0 Å². The average molecular weight is 186 g/mol. The minimum atomic E-state index is -1.92. The Kier molecular flexibility index (Phi) is 1.38. The van der Waals surface area contributed by atoms with Crippen LogP contribution < -0.4 is 0 Å². The van der Waals surface area contributed by atoms with Crippen molar-refractivity contribution in [1.82, 2.24) is 0 Å². The molecule has 1 fully saturated rings. The van der Waals surface area contributed by atoms with E-state index in [0.29, 0.717) is 0 Å². The molecule has 1 aliphatic rings. The Morgan fingerprint density at radius 2 is 1.50 bits per heavy atom. The van der Waals surface area contributed by atoms with Crippen LogP contribution >= 0.6 is 20.0 Å². The molecule has 0 atom stereocenters. The van der Waals surface area contributed by atoms with Crippen molar-refractivity contribution >= 4 is 31.4 Å². The Balaban J connectivity index is 2.31. The minimum absolute atomic E-state index is 1.17. The fraction of sp³-hybridized carbons (Fsp3) is 1.00. The Morgan fingerprint density at radius 1 is 1.17 bits per heavy atom. The first-order valence-corrected chi connectivity index (χ1v) is 10.6. The summed E-state index contributed by atoms with van der Waals surface area (Å²) in [6, 6.07) is 0. The van der Waals surface area contributed by atoms with E-state index in [4.69, 9.17) is 20.0 Å². The van der Waals surface area contributed by atoms with Gasteiger partial charge in [-0.15, -0.1) is 0 Å². The van der Waals surface area contributed by atoms with E-state index in [1.165, 1.54) is 16.9 Å². The van der Waals surface area contributed by atoms with E-state index in [9.17, 15) is 0 Å². The Hall–Kier alpha value is 1.12. The fourth-order valence-electron chi connectivity index (χ4n) is 0.444. The molecule has 1 aliphatic heterocycles. The van der Waals surface area contributed by atoms with Crippen molar-refractivity contribution in [3.05, 3.63) is 0 Å². The summed E-state index contributed by atoms with van der Waals surface area (Å²) in [5.41, 5.74) is 0. The van der Waals surface area contributed by atoms with Gasteiger partial charge in [-0.2, -0.15) is 0 Å². The first kappa shape index (κ1) is 5.26. The second-order valence-corrected chi connectivity index (χ2v) is 15.9. The van der Waals surface area contributed by atoms with Crippen LogP contribution in [0.1, 0.15) is 6.42 Å². The number of rotatable bonds is 0. The average Bonchev–Trinajstić information content (AvgIpc) is 1.32. The molecule has 0 spiro atoms. The first-order chi connectivity index (χ1) is 2.71. The van der Waals surface area contributed by atoms with Crippen LogP contribution in [-0.4, -0.2) is 11.4 Å². The molecule has 0 amide bonds. The van der Waals surface area contributed by atoms with E-state index in [1.54, 1.807) is 0 Å². The summed E-state index contributed by atoms with van der Waals surface area (Å²) >= 11 is -1.92. The standard InChI is InChI=1S/C3H6Cl2Ge/c4-6(5)2-1-3-6/h1-3H2. The quantitative estimate of drug-likeness (QED) is 0.508. The molecule has 1 rings (SSSR count). The summed E-state index contributed by atoms with van der Waals surface area (Å²) in [5, 5.41) is 2.34. The molecule has 6 heavy (non-hydrogen) atoms. The molecule has 1 saturated heterocycles. The molecular weight excluding hydrogens is 180 g/mol. The Morgan fingerprint density at radius 3 is 1.50 bits per heavy atom. The first-order valence-electron chi connectivity index (χ1n) is 2.09. The molecular formula is C3H6Cl2Ge. The zero-order valence-corrected chi connectivity index (χ0v) is 6.99. The third-order valence-corrected chi connectivity index (χ3v) is 9.57. The van der Waals surface area contributed by atoms with Crippen LogP contribution in [0.3, 0.4) is 0 Å². The molecule has 0 aromatic heterocycles. The molecule has 0 saturated carbocycles. The third-order valence-electron chi connectivity index (χ3n) is 1.09. The summed E-state index contributed by atoms with van der Waals surface area (Å²) in [6.07, 6.45) is 1.28. The predicted octanol–water partition coefficient (Wildman–Crippen LogP) is 2.31. The van der Waals surface area contributed by atoms with Crippen molar-refractivity contribution < 1.29 is 0 Å². The van der Waals surface area contributed by atoms with Crippen LogP contribution in [0, 0.1) is 0 Å². The van der Waals surface area contributed by atoms with Gasteiger partial charge in [-0.1, -0.05) is 0 Å². The zero-order valence-electron chi connectivity index (χ0n) is 3.38. The monoisotopic (exact) mass is 186 g/mol. The molecule has 1 heterocycles. The van der Waals surface area contributed by atoms with Crippen molar-refractivity contribution in [2.24, 2.45) is 0 Å². The summed E-state index contributed by atoms with van der Waals surface area (Å²) < 4.78 is 0. The Labute approximate surface area is 48.5 Å². The van der Waals surface area contributed by atoms with Gasteiger partial charge in [0.1, 0.15) is 0 Å². The summed E-state index contributed by atoms with van der Waals surface area (Å²) in [6.45, 7) is 0. The van der Waals surface area contributed by atoms with E-state index < -0.39 is 11.4 Å². The molecule has 0 bridgehead atoms. The third kappa shape index (κ3) is 1.05. The van der Waals surface area contributed by atoms with Crippen molar-refractivity contribution in [1.29, 1.82) is 0 Å². The predicted molar refractivity (Wildman–Crippen MR) is 31.7 cm³/mol. The van der Waals surface area contributed by atoms with Crippen molar-refractivity contribution in [3.8, 4) is 0 Å². The molecule has 0 unspecified atom stereocenters. The number of halogens is 2. The van der Waals surface area contributed by atoms with Crippen molar-refractivity contribution in [2.75, 3.05) is 0 Å². The molecule has 0 aromatic rings. The molecule has 0 nitrogen and oxygen atoms in total. The van der Waals surface area contributed by atoms with Gasteiger partial charge in [0.25, 0.3) is 0 Å². The van der Waals surface area contributed by atoms with Crippen LogP contribution in [-0.2, 0) is 0 Å². The molecule has 0 N–H and O–H groups in total. The van der Waals surface area contributed by atoms with E-state index >= 15 is 0 Å². The second-order valence-electron chi connectivity index (χ2n) is 1.71. The summed E-state index contributed by atoms with van der Waals surface area (Å²) in [5.74, 6) is 0. The molecule has 0 aliphatic carbocycles. The van der Waals surface area contributed by atoms with Crippen LogP contribution in [0.2, 0.25) is 10.5 Å². The van der Waals surface area contributed by atoms with Gasteiger partial charge in [0.2, 0.25) is 0 Å². The maximum absolute atomic E-state index is 5.76. The molecule has 3 heteroatoms. The topological polar surface area (TPSA) is 0 Å². The zero-order chi connectivity index (χ0) is 4.62. The van der Waals surface area contributed by atoms with E-state index in [0.717, 1.165) is 0 Å². The normalized spacial score (nSPS) is 29.0. The van der Waals surface area contributed by atoms with E-state index in [-0.39, 0.29) is 0 Å². The Bertz CT molecular complexity index is 55.8. The van der Waals surface area contributed by atoms with Gasteiger partial charge in [-0.25, -0.2) is 0 Å². The molecule has 36 valence electrons. The van der Waals surface area contributed by atoms with Crippen LogP contribution in [0.15, 0.2) is 0 Å². The van der Waals surface area contributed by atoms with Crippen LogP contribution in [0.5, 0.6) is 0 Å². The summed E-state index contributed by atoms with van der Waals surface area (Å²) in [7, 11) is 11.5. The van der Waals surface area contributed by atoms with Crippen molar-refractivity contribution in [2.45, 2.75) is 16.9 Å². The van der Waals surface area contributed by atoms with Crippen LogP contribution in [0.25, 0.3) is 0 Å². The van der Waals surface area contributed by atoms with Gasteiger partial charge in [0.15, 0.2) is 0 Å². The summed E-state index contributed by atoms with van der Waals surface area (Å²) in [4.78, 5) is 0. The van der Waals surface area contributed by atoms with Gasteiger partial charge < -0.3 is 0 Å². The van der Waals surface area contributed by atoms with Gasteiger partial charge >= 0.3 is 48.4 Å². The van der Waals surface area contributed by atoms with Gasteiger partial charge in [-0.3, -0.25) is 0 Å². The fourth-order valence-corrected chi connectivity index (χ4v) is 5.08. The molecule has 0 radical (unpaired) electrons. The van der Waals surface area contributed by atoms with Gasteiger partial charge in [0, 0.05) is 0 Å². The van der Waals surface area contributed by atoms with Crippen LogP contribution in [0.4, 0.5) is 0 Å². The maximum atomic E-state index is 5.76. The SMILES string of the molecule is [Cl][Ge]1([Cl])[CH2]C[CH2]1. The van der Waals surface area contributed by atoms with Gasteiger partial charge in [-0.05, 0) is 0 Å². The molecule has 0 aromatic carbocycles. The van der Waals surface area contributed by atoms with Crippen molar-refractivity contribution in [3.63, 3.8) is 0 Å².